The van der Waals surface area contributed by atoms with Crippen LogP contribution in [0.1, 0.15) is 12.5 Å². The highest BCUT2D eigenvalue weighted by Crippen LogP contribution is 2.15. The summed E-state index contributed by atoms with van der Waals surface area (Å²) in [5.74, 6) is -0.106. The number of likely N-dealkylation sites (N-methyl/N-ethyl adjacent to an activating group) is 1. The smallest absolute Gasteiger partial charge is 0.234 e. The zero-order valence-corrected chi connectivity index (χ0v) is 13.2. The van der Waals surface area contributed by atoms with Gasteiger partial charge in [0.05, 0.1) is 19.8 Å². The van der Waals surface area contributed by atoms with E-state index in [9.17, 15) is 15.0 Å². The molecule has 1 amide bonds. The molecule has 0 unspecified atom stereocenters. The molecule has 5 nitrogen and oxygen atoms in total. The fraction of sp³-hybridized carbons (Fsp3) is 0.533. The maximum Gasteiger partial charge on any atom is 0.234 e. The predicted octanol–water partition coefficient (Wildman–Crippen LogP) is 0.879. The Morgan fingerprint density at radius 3 is 2.38 bits per heavy atom. The Hall–Kier alpha value is -1.14. The summed E-state index contributed by atoms with van der Waals surface area (Å²) in [6.07, 6.45) is 0. The molecule has 0 aliphatic heterocycles. The van der Waals surface area contributed by atoms with Gasteiger partial charge in [0.2, 0.25) is 5.91 Å². The number of benzene rings is 1. The van der Waals surface area contributed by atoms with Crippen LogP contribution in [0.15, 0.2) is 24.3 Å². The van der Waals surface area contributed by atoms with E-state index in [4.69, 9.17) is 11.6 Å². The third kappa shape index (κ3) is 6.44. The average Bonchev–Trinajstić information content (AvgIpc) is 2.46. The molecular formula is C15H23ClN2O3. The standard InChI is InChI=1S/C15H23ClN2O3/c1-15(10-19,11-20)9-18(2)8-14(21)17-7-12-3-5-13(16)6-4-12/h3-6,19-20H,7-11H2,1-2H3,(H,17,21). The van der Waals surface area contributed by atoms with Crippen molar-refractivity contribution in [2.24, 2.45) is 5.41 Å². The van der Waals surface area contributed by atoms with Crippen molar-refractivity contribution >= 4 is 17.5 Å². The van der Waals surface area contributed by atoms with Crippen LogP contribution in [-0.4, -0.2) is 54.4 Å². The summed E-state index contributed by atoms with van der Waals surface area (Å²) in [4.78, 5) is 13.6. The van der Waals surface area contributed by atoms with Crippen LogP contribution in [0.2, 0.25) is 5.02 Å². The van der Waals surface area contributed by atoms with E-state index in [1.165, 1.54) is 0 Å². The molecule has 0 bridgehead atoms. The van der Waals surface area contributed by atoms with E-state index in [1.54, 1.807) is 31.0 Å². The van der Waals surface area contributed by atoms with Crippen molar-refractivity contribution in [2.45, 2.75) is 13.5 Å². The van der Waals surface area contributed by atoms with Crippen molar-refractivity contribution in [1.82, 2.24) is 10.2 Å². The topological polar surface area (TPSA) is 72.8 Å². The second-order valence-electron chi connectivity index (χ2n) is 5.70. The van der Waals surface area contributed by atoms with Crippen LogP contribution in [0, 0.1) is 5.41 Å². The fourth-order valence-electron chi connectivity index (χ4n) is 1.96. The highest BCUT2D eigenvalue weighted by molar-refractivity contribution is 6.30. The van der Waals surface area contributed by atoms with Crippen LogP contribution in [0.25, 0.3) is 0 Å². The van der Waals surface area contributed by atoms with E-state index in [1.807, 2.05) is 12.1 Å². The number of amides is 1. The van der Waals surface area contributed by atoms with Crippen LogP contribution in [0.4, 0.5) is 0 Å². The monoisotopic (exact) mass is 314 g/mol. The molecule has 6 heteroatoms. The van der Waals surface area contributed by atoms with Crippen LogP contribution in [0.3, 0.4) is 0 Å². The van der Waals surface area contributed by atoms with Crippen LogP contribution in [0.5, 0.6) is 0 Å². The first kappa shape index (κ1) is 17.9. The van der Waals surface area contributed by atoms with Crippen molar-refractivity contribution in [2.75, 3.05) is 33.4 Å². The lowest BCUT2D eigenvalue weighted by molar-refractivity contribution is -0.122. The van der Waals surface area contributed by atoms with E-state index >= 15 is 0 Å². The number of rotatable bonds is 8. The molecule has 0 heterocycles. The zero-order chi connectivity index (χ0) is 15.9. The average molecular weight is 315 g/mol. The summed E-state index contributed by atoms with van der Waals surface area (Å²) >= 11 is 5.80. The SMILES string of the molecule is CN(CC(=O)NCc1ccc(Cl)cc1)CC(C)(CO)CO. The first-order valence-electron chi connectivity index (χ1n) is 6.80. The van der Waals surface area contributed by atoms with E-state index in [0.717, 1.165) is 5.56 Å². The largest absolute Gasteiger partial charge is 0.396 e. The summed E-state index contributed by atoms with van der Waals surface area (Å²) in [7, 11) is 1.78. The Bertz CT molecular complexity index is 447. The Balaban J connectivity index is 2.37. The quantitative estimate of drug-likeness (QED) is 0.666. The minimum atomic E-state index is -0.606. The third-order valence-electron chi connectivity index (χ3n) is 3.23. The lowest BCUT2D eigenvalue weighted by Gasteiger charge is -2.29. The van der Waals surface area contributed by atoms with Gasteiger partial charge in [0, 0.05) is 23.5 Å². The molecule has 3 N–H and O–H groups in total. The van der Waals surface area contributed by atoms with Gasteiger partial charge in [-0.2, -0.15) is 0 Å². The first-order chi connectivity index (χ1) is 9.88. The van der Waals surface area contributed by atoms with Crippen LogP contribution in [-0.2, 0) is 11.3 Å². The molecule has 0 spiro atoms. The van der Waals surface area contributed by atoms with E-state index in [2.05, 4.69) is 5.32 Å². The highest BCUT2D eigenvalue weighted by atomic mass is 35.5. The number of carbonyl (C=O) groups excluding carboxylic acids is 1. The van der Waals surface area contributed by atoms with Crippen LogP contribution >= 0.6 is 11.6 Å². The number of carbonyl (C=O) groups is 1. The summed E-state index contributed by atoms with van der Waals surface area (Å²) in [6, 6.07) is 7.29. The van der Waals surface area contributed by atoms with Gasteiger partial charge in [0.25, 0.3) is 0 Å². The highest BCUT2D eigenvalue weighted by Gasteiger charge is 2.24. The molecule has 1 rings (SSSR count). The summed E-state index contributed by atoms with van der Waals surface area (Å²) in [6.45, 7) is 2.62. The van der Waals surface area contributed by atoms with Gasteiger partial charge in [-0.15, -0.1) is 0 Å². The minimum Gasteiger partial charge on any atom is -0.396 e. The van der Waals surface area contributed by atoms with E-state index in [0.29, 0.717) is 18.1 Å². The van der Waals surface area contributed by atoms with Crippen molar-refractivity contribution < 1.29 is 15.0 Å². The molecule has 0 aliphatic carbocycles. The third-order valence-corrected chi connectivity index (χ3v) is 3.48. The normalized spacial score (nSPS) is 11.7. The minimum absolute atomic E-state index is 0.106. The molecule has 0 fully saturated rings. The number of hydrogen-bond donors (Lipinski definition) is 3. The molecule has 0 aliphatic rings. The number of aliphatic hydroxyl groups excluding tert-OH is 2. The van der Waals surface area contributed by atoms with Crippen LogP contribution < -0.4 is 5.32 Å². The molecular weight excluding hydrogens is 292 g/mol. The fourth-order valence-corrected chi connectivity index (χ4v) is 2.09. The van der Waals surface area contributed by atoms with Gasteiger partial charge < -0.3 is 15.5 Å². The first-order valence-corrected chi connectivity index (χ1v) is 7.18. The van der Waals surface area contributed by atoms with Crippen molar-refractivity contribution in [3.63, 3.8) is 0 Å². The zero-order valence-electron chi connectivity index (χ0n) is 12.5. The molecule has 1 aromatic rings. The number of nitrogens with one attached hydrogen (secondary N) is 1. The maximum absolute atomic E-state index is 11.9. The molecule has 0 aromatic heterocycles. The van der Waals surface area contributed by atoms with E-state index in [-0.39, 0.29) is 25.7 Å². The molecule has 0 saturated carbocycles. The van der Waals surface area contributed by atoms with Gasteiger partial charge >= 0.3 is 0 Å². The number of halogens is 1. The maximum atomic E-state index is 11.9. The lowest BCUT2D eigenvalue weighted by atomic mass is 9.92. The molecule has 1 aromatic carbocycles. The summed E-state index contributed by atoms with van der Waals surface area (Å²) in [5, 5.41) is 22.0. The number of nitrogens with zero attached hydrogens (tertiary/aromatic N) is 1. The second kappa shape index (κ2) is 8.34. The van der Waals surface area contributed by atoms with Crippen molar-refractivity contribution in [3.05, 3.63) is 34.9 Å². The van der Waals surface area contributed by atoms with Gasteiger partial charge in [-0.1, -0.05) is 30.7 Å². The Morgan fingerprint density at radius 2 is 1.86 bits per heavy atom. The lowest BCUT2D eigenvalue weighted by Crippen LogP contribution is -2.43. The Morgan fingerprint density at radius 1 is 1.29 bits per heavy atom. The van der Waals surface area contributed by atoms with Gasteiger partial charge in [-0.3, -0.25) is 9.69 Å². The van der Waals surface area contributed by atoms with Gasteiger partial charge in [0.1, 0.15) is 0 Å². The number of hydrogen-bond acceptors (Lipinski definition) is 4. The molecule has 0 saturated heterocycles. The molecule has 21 heavy (non-hydrogen) atoms. The molecule has 118 valence electrons. The summed E-state index contributed by atoms with van der Waals surface area (Å²) in [5.41, 5.74) is 0.372. The van der Waals surface area contributed by atoms with Crippen molar-refractivity contribution in [3.8, 4) is 0 Å². The molecule has 0 radical (unpaired) electrons. The predicted molar refractivity (Wildman–Crippen MR) is 83.1 cm³/mol. The van der Waals surface area contributed by atoms with Crippen molar-refractivity contribution in [1.29, 1.82) is 0 Å². The molecule has 0 atom stereocenters. The van der Waals surface area contributed by atoms with Gasteiger partial charge in [0.15, 0.2) is 0 Å². The Labute approximate surface area is 130 Å². The van der Waals surface area contributed by atoms with E-state index < -0.39 is 5.41 Å². The van der Waals surface area contributed by atoms with Gasteiger partial charge in [-0.25, -0.2) is 0 Å². The Kier molecular flexibility index (Phi) is 7.11. The number of aliphatic hydroxyl groups is 2. The summed E-state index contributed by atoms with van der Waals surface area (Å²) < 4.78 is 0. The van der Waals surface area contributed by atoms with Gasteiger partial charge in [-0.05, 0) is 24.7 Å². The second-order valence-corrected chi connectivity index (χ2v) is 6.14.